The molecule has 0 aliphatic rings. The fourth-order valence-corrected chi connectivity index (χ4v) is 2.77. The van der Waals surface area contributed by atoms with Gasteiger partial charge in [0, 0.05) is 10.5 Å². The summed E-state index contributed by atoms with van der Waals surface area (Å²) < 4.78 is 0. The Morgan fingerprint density at radius 1 is 1.10 bits per heavy atom. The molecule has 0 aliphatic heterocycles. The van der Waals surface area contributed by atoms with E-state index >= 15 is 0 Å². The van der Waals surface area contributed by atoms with Crippen molar-refractivity contribution in [2.75, 3.05) is 0 Å². The van der Waals surface area contributed by atoms with Crippen LogP contribution in [-0.2, 0) is 5.75 Å². The van der Waals surface area contributed by atoms with Crippen LogP contribution in [0.15, 0.2) is 58.2 Å². The van der Waals surface area contributed by atoms with Crippen molar-refractivity contribution >= 4 is 29.0 Å². The van der Waals surface area contributed by atoms with Gasteiger partial charge in [0.25, 0.3) is 5.56 Å². The molecule has 0 amide bonds. The quantitative estimate of drug-likeness (QED) is 0.594. The smallest absolute Gasteiger partial charge is 0.258 e. The summed E-state index contributed by atoms with van der Waals surface area (Å²) >= 11 is 1.56. The number of carbonyl (C=O) groups excluding carboxylic acids is 1. The molecule has 104 valence electrons. The topological polar surface area (TPSA) is 62.8 Å². The van der Waals surface area contributed by atoms with E-state index in [1.807, 2.05) is 30.3 Å². The number of hydrogen-bond acceptors (Lipinski definition) is 4. The predicted molar refractivity (Wildman–Crippen MR) is 83.8 cm³/mol. The summed E-state index contributed by atoms with van der Waals surface area (Å²) in [6.45, 7) is 0. The lowest BCUT2D eigenvalue weighted by atomic mass is 10.2. The number of nitrogens with one attached hydrogen (secondary N) is 1. The molecule has 1 N–H and O–H groups in total. The van der Waals surface area contributed by atoms with Gasteiger partial charge in [-0.25, -0.2) is 4.98 Å². The van der Waals surface area contributed by atoms with Crippen molar-refractivity contribution in [2.45, 2.75) is 10.6 Å². The zero-order valence-electron chi connectivity index (χ0n) is 11.1. The molecular weight excluding hydrogens is 284 g/mol. The molecule has 1 aromatic heterocycles. The highest BCUT2D eigenvalue weighted by atomic mass is 32.2. The van der Waals surface area contributed by atoms with Gasteiger partial charge in [-0.3, -0.25) is 9.59 Å². The largest absolute Gasteiger partial charge is 0.309 e. The number of rotatable bonds is 4. The van der Waals surface area contributed by atoms with Crippen molar-refractivity contribution in [2.24, 2.45) is 0 Å². The van der Waals surface area contributed by atoms with Crippen LogP contribution in [0.1, 0.15) is 16.2 Å². The third kappa shape index (κ3) is 3.03. The number of aromatic nitrogens is 2. The van der Waals surface area contributed by atoms with Crippen molar-refractivity contribution in [3.05, 3.63) is 70.3 Å². The summed E-state index contributed by atoms with van der Waals surface area (Å²) in [5, 5.41) is 0.599. The minimum atomic E-state index is -0.118. The summed E-state index contributed by atoms with van der Waals surface area (Å²) in [7, 11) is 0. The van der Waals surface area contributed by atoms with Crippen molar-refractivity contribution < 1.29 is 4.79 Å². The van der Waals surface area contributed by atoms with Crippen molar-refractivity contribution in [1.82, 2.24) is 9.97 Å². The van der Waals surface area contributed by atoms with Gasteiger partial charge in [0.2, 0.25) is 0 Å². The molecule has 0 aliphatic carbocycles. The number of H-pyrrole nitrogens is 1. The molecule has 0 fully saturated rings. The second-order valence-electron chi connectivity index (χ2n) is 4.51. The average molecular weight is 296 g/mol. The highest BCUT2D eigenvalue weighted by Gasteiger charge is 2.04. The molecule has 0 saturated heterocycles. The van der Waals surface area contributed by atoms with Gasteiger partial charge in [0.1, 0.15) is 12.1 Å². The number of nitrogens with zero attached hydrogens (tertiary/aromatic N) is 1. The lowest BCUT2D eigenvalue weighted by molar-refractivity contribution is 0.112. The molecule has 2 aromatic carbocycles. The van der Waals surface area contributed by atoms with E-state index in [-0.39, 0.29) is 5.56 Å². The number of para-hydroxylation sites is 1. The molecule has 0 bridgehead atoms. The zero-order chi connectivity index (χ0) is 14.7. The van der Waals surface area contributed by atoms with Crippen LogP contribution in [0, 0.1) is 0 Å². The fourth-order valence-electron chi connectivity index (χ4n) is 2.00. The number of benzene rings is 2. The molecule has 0 saturated carbocycles. The molecule has 1 heterocycles. The second kappa shape index (κ2) is 5.93. The van der Waals surface area contributed by atoms with E-state index in [4.69, 9.17) is 0 Å². The van der Waals surface area contributed by atoms with Gasteiger partial charge < -0.3 is 4.98 Å². The summed E-state index contributed by atoms with van der Waals surface area (Å²) in [5.74, 6) is 1.21. The van der Waals surface area contributed by atoms with E-state index in [1.54, 1.807) is 30.0 Å². The first-order valence-corrected chi connectivity index (χ1v) is 7.41. The molecule has 0 radical (unpaired) electrons. The van der Waals surface area contributed by atoms with Gasteiger partial charge in [-0.15, -0.1) is 11.8 Å². The molecule has 5 heteroatoms. The lowest BCUT2D eigenvalue weighted by Crippen LogP contribution is -2.11. The third-order valence-corrected chi connectivity index (χ3v) is 4.08. The average Bonchev–Trinajstić information content (AvgIpc) is 2.53. The van der Waals surface area contributed by atoms with Crippen LogP contribution in [0.3, 0.4) is 0 Å². The summed E-state index contributed by atoms with van der Waals surface area (Å²) in [5.41, 5.74) is 1.23. The molecule has 21 heavy (non-hydrogen) atoms. The van der Waals surface area contributed by atoms with Gasteiger partial charge in [0.05, 0.1) is 16.7 Å². The van der Waals surface area contributed by atoms with Crippen LogP contribution in [0.2, 0.25) is 0 Å². The summed E-state index contributed by atoms with van der Waals surface area (Å²) in [6.07, 6.45) is 0.816. The van der Waals surface area contributed by atoms with Gasteiger partial charge in [-0.1, -0.05) is 24.3 Å². The van der Waals surface area contributed by atoms with Crippen molar-refractivity contribution in [1.29, 1.82) is 0 Å². The predicted octanol–water partition coefficient (Wildman–Crippen LogP) is 3.03. The van der Waals surface area contributed by atoms with Crippen molar-refractivity contribution in [3.63, 3.8) is 0 Å². The Morgan fingerprint density at radius 3 is 2.62 bits per heavy atom. The first-order chi connectivity index (χ1) is 10.3. The maximum absolute atomic E-state index is 12.0. The van der Waals surface area contributed by atoms with E-state index in [0.717, 1.165) is 11.2 Å². The normalized spacial score (nSPS) is 10.7. The van der Waals surface area contributed by atoms with Crippen LogP contribution in [-0.4, -0.2) is 16.3 Å². The zero-order valence-corrected chi connectivity index (χ0v) is 11.9. The number of fused-ring (bicyclic) bond motifs is 1. The van der Waals surface area contributed by atoms with Gasteiger partial charge in [-0.05, 0) is 24.3 Å². The highest BCUT2D eigenvalue weighted by Crippen LogP contribution is 2.21. The first-order valence-electron chi connectivity index (χ1n) is 6.42. The molecule has 0 atom stereocenters. The summed E-state index contributed by atoms with van der Waals surface area (Å²) in [4.78, 5) is 30.8. The molecule has 3 aromatic rings. The van der Waals surface area contributed by atoms with Crippen molar-refractivity contribution in [3.8, 4) is 0 Å². The van der Waals surface area contributed by atoms with E-state index in [2.05, 4.69) is 9.97 Å². The number of hydrogen-bond donors (Lipinski definition) is 1. The minimum absolute atomic E-state index is 0.118. The Morgan fingerprint density at radius 2 is 1.86 bits per heavy atom. The van der Waals surface area contributed by atoms with Crippen LogP contribution in [0.4, 0.5) is 0 Å². The molecule has 4 nitrogen and oxygen atoms in total. The van der Waals surface area contributed by atoms with Gasteiger partial charge in [0.15, 0.2) is 0 Å². The van der Waals surface area contributed by atoms with E-state index < -0.39 is 0 Å². The number of thioether (sulfide) groups is 1. The van der Waals surface area contributed by atoms with Gasteiger partial charge in [-0.2, -0.15) is 0 Å². The Kier molecular flexibility index (Phi) is 3.83. The Hall–Kier alpha value is -2.40. The minimum Gasteiger partial charge on any atom is -0.309 e. The number of carbonyl (C=O) groups is 1. The molecule has 0 unspecified atom stereocenters. The van der Waals surface area contributed by atoms with Crippen LogP contribution in [0.25, 0.3) is 10.9 Å². The highest BCUT2D eigenvalue weighted by molar-refractivity contribution is 7.98. The molecule has 0 spiro atoms. The monoisotopic (exact) mass is 296 g/mol. The van der Waals surface area contributed by atoms with Gasteiger partial charge >= 0.3 is 0 Å². The number of aromatic amines is 1. The summed E-state index contributed by atoms with van der Waals surface area (Å²) in [6, 6.07) is 14.6. The van der Waals surface area contributed by atoms with E-state index in [9.17, 15) is 9.59 Å². The Balaban J connectivity index is 1.81. The molecule has 3 rings (SSSR count). The fraction of sp³-hybridized carbons (Fsp3) is 0.0625. The SMILES string of the molecule is O=Cc1ccc(SCc2nc3ccccc3c(=O)[nH]2)cc1. The third-order valence-electron chi connectivity index (χ3n) is 3.05. The maximum atomic E-state index is 12.0. The van der Waals surface area contributed by atoms with Crippen LogP contribution in [0.5, 0.6) is 0 Å². The van der Waals surface area contributed by atoms with Crippen LogP contribution >= 0.6 is 11.8 Å². The second-order valence-corrected chi connectivity index (χ2v) is 5.55. The Labute approximate surface area is 125 Å². The maximum Gasteiger partial charge on any atom is 0.258 e. The van der Waals surface area contributed by atoms with E-state index in [1.165, 1.54) is 0 Å². The standard InChI is InChI=1S/C16H12N2O2S/c19-9-11-5-7-12(8-6-11)21-10-15-17-14-4-2-1-3-13(14)16(20)18-15/h1-9H,10H2,(H,17,18,20). The number of aldehydes is 1. The first kappa shape index (κ1) is 13.6. The van der Waals surface area contributed by atoms with E-state index in [0.29, 0.717) is 28.0 Å². The lowest BCUT2D eigenvalue weighted by Gasteiger charge is -2.03. The van der Waals surface area contributed by atoms with Crippen LogP contribution < -0.4 is 5.56 Å². The Bertz CT molecular complexity index is 841. The molecular formula is C16H12N2O2S.